The minimum absolute atomic E-state index is 0.0767. The first-order valence-corrected chi connectivity index (χ1v) is 9.50. The molecule has 26 heavy (non-hydrogen) atoms. The van der Waals surface area contributed by atoms with Crippen molar-refractivity contribution < 1.29 is 4.52 Å². The predicted molar refractivity (Wildman–Crippen MR) is 99.7 cm³/mol. The molecule has 1 unspecified atom stereocenters. The number of hydrogen-bond donors (Lipinski definition) is 1. The predicted octanol–water partition coefficient (Wildman–Crippen LogP) is 4.25. The van der Waals surface area contributed by atoms with E-state index in [1.165, 1.54) is 12.8 Å². The first kappa shape index (κ1) is 15.9. The van der Waals surface area contributed by atoms with Crippen LogP contribution in [0.1, 0.15) is 55.4 Å². The minimum atomic E-state index is -0.130. The maximum atomic E-state index is 12.8. The molecule has 0 saturated heterocycles. The molecule has 134 valence electrons. The van der Waals surface area contributed by atoms with Gasteiger partial charge in [0, 0.05) is 17.5 Å². The van der Waals surface area contributed by atoms with Crippen LogP contribution in [-0.4, -0.2) is 14.7 Å². The fraction of sp³-hybridized carbons (Fsp3) is 0.421. The molecule has 0 spiro atoms. The van der Waals surface area contributed by atoms with Gasteiger partial charge in [0.15, 0.2) is 11.3 Å². The molecule has 1 aliphatic carbocycles. The molecule has 1 fully saturated rings. The Labute approximate surface area is 155 Å². The topological polar surface area (TPSA) is 73.0 Å². The summed E-state index contributed by atoms with van der Waals surface area (Å²) in [6.45, 7) is 0.590. The number of anilines is 1. The molecule has 6 nitrogen and oxygen atoms in total. The van der Waals surface area contributed by atoms with Crippen molar-refractivity contribution in [2.24, 2.45) is 0 Å². The van der Waals surface area contributed by atoms with E-state index in [-0.39, 0.29) is 11.6 Å². The number of benzene rings is 1. The Morgan fingerprint density at radius 3 is 2.85 bits per heavy atom. The number of nitrogens with one attached hydrogen (secondary N) is 1. The molecule has 1 saturated carbocycles. The molecule has 3 heterocycles. The van der Waals surface area contributed by atoms with E-state index in [0.29, 0.717) is 34.5 Å². The van der Waals surface area contributed by atoms with E-state index >= 15 is 0 Å². The van der Waals surface area contributed by atoms with E-state index < -0.39 is 0 Å². The molecule has 1 aromatic carbocycles. The Morgan fingerprint density at radius 2 is 2.04 bits per heavy atom. The molecule has 0 amide bonds. The largest absolute Gasteiger partial charge is 0.358 e. The van der Waals surface area contributed by atoms with Gasteiger partial charge in [-0.3, -0.25) is 9.36 Å². The van der Waals surface area contributed by atoms with Gasteiger partial charge in [-0.15, -0.1) is 0 Å². The van der Waals surface area contributed by atoms with Crippen molar-refractivity contribution in [1.82, 2.24) is 14.7 Å². The second-order valence-corrected chi connectivity index (χ2v) is 7.59. The first-order valence-electron chi connectivity index (χ1n) is 9.13. The number of fused-ring (bicyclic) bond motifs is 2. The lowest BCUT2D eigenvalue weighted by Crippen LogP contribution is -2.32. The van der Waals surface area contributed by atoms with Crippen LogP contribution in [-0.2, 0) is 6.54 Å². The van der Waals surface area contributed by atoms with Crippen molar-refractivity contribution >= 4 is 28.6 Å². The van der Waals surface area contributed by atoms with Crippen LogP contribution >= 0.6 is 11.6 Å². The third kappa shape index (κ3) is 2.51. The summed E-state index contributed by atoms with van der Waals surface area (Å²) >= 11 is 6.13. The maximum Gasteiger partial charge on any atom is 0.285 e. The van der Waals surface area contributed by atoms with E-state index in [4.69, 9.17) is 21.1 Å². The van der Waals surface area contributed by atoms with Crippen LogP contribution in [0.15, 0.2) is 33.6 Å². The van der Waals surface area contributed by atoms with Gasteiger partial charge in [-0.1, -0.05) is 41.7 Å². The highest BCUT2D eigenvalue weighted by molar-refractivity contribution is 6.30. The molecule has 3 aromatic rings. The zero-order valence-electron chi connectivity index (χ0n) is 14.2. The third-order valence-electron chi connectivity index (χ3n) is 5.54. The number of rotatable bonds is 2. The van der Waals surface area contributed by atoms with Gasteiger partial charge in [0.05, 0.1) is 6.04 Å². The van der Waals surface area contributed by atoms with Crippen molar-refractivity contribution in [3.63, 3.8) is 0 Å². The summed E-state index contributed by atoms with van der Waals surface area (Å²) in [6, 6.07) is 7.87. The zero-order valence-corrected chi connectivity index (χ0v) is 15.0. The maximum absolute atomic E-state index is 12.8. The van der Waals surface area contributed by atoms with Gasteiger partial charge in [0.2, 0.25) is 5.95 Å². The lowest BCUT2D eigenvalue weighted by atomic mass is 10.0. The van der Waals surface area contributed by atoms with Crippen LogP contribution in [0, 0.1) is 0 Å². The molecular formula is C19H19ClN4O2. The van der Waals surface area contributed by atoms with Crippen molar-refractivity contribution in [1.29, 1.82) is 0 Å². The summed E-state index contributed by atoms with van der Waals surface area (Å²) in [5.74, 6) is 1.67. The number of hydrogen-bond acceptors (Lipinski definition) is 5. The number of halogens is 1. The van der Waals surface area contributed by atoms with Gasteiger partial charge in [-0.2, -0.15) is 0 Å². The van der Waals surface area contributed by atoms with Gasteiger partial charge in [-0.25, -0.2) is 4.98 Å². The van der Waals surface area contributed by atoms with Crippen molar-refractivity contribution in [3.8, 4) is 0 Å². The Morgan fingerprint density at radius 1 is 1.19 bits per heavy atom. The second-order valence-electron chi connectivity index (χ2n) is 7.16. The third-order valence-corrected chi connectivity index (χ3v) is 5.77. The summed E-state index contributed by atoms with van der Waals surface area (Å²) in [4.78, 5) is 17.6. The number of nitrogens with zero attached hydrogens (tertiary/aromatic N) is 3. The summed E-state index contributed by atoms with van der Waals surface area (Å²) in [5, 5.41) is 8.16. The van der Waals surface area contributed by atoms with Gasteiger partial charge in [-0.05, 0) is 37.0 Å². The fourth-order valence-corrected chi connectivity index (χ4v) is 4.37. The van der Waals surface area contributed by atoms with Crippen molar-refractivity contribution in [2.45, 2.75) is 50.6 Å². The molecule has 1 aliphatic heterocycles. The molecule has 5 rings (SSSR count). The molecule has 2 aliphatic rings. The van der Waals surface area contributed by atoms with Gasteiger partial charge in [0.25, 0.3) is 5.56 Å². The average Bonchev–Trinajstić information content (AvgIpc) is 3.31. The van der Waals surface area contributed by atoms with E-state index in [1.807, 2.05) is 24.3 Å². The standard InChI is InChI=1S/C19H19ClN4O2/c20-13-7-3-6-12(10-13)14-8-9-24-18(25)16-15(22-19(24)21-14)17(26-23-16)11-4-1-2-5-11/h3,6-7,10-11,14H,1-2,4-5,8-9H2,(H,21,22). The number of aromatic nitrogens is 3. The normalized spacial score (nSPS) is 20.3. The van der Waals surface area contributed by atoms with Crippen molar-refractivity contribution in [3.05, 3.63) is 51.0 Å². The molecule has 1 N–H and O–H groups in total. The van der Waals surface area contributed by atoms with Crippen molar-refractivity contribution in [2.75, 3.05) is 5.32 Å². The Bertz CT molecular complexity index is 1040. The van der Waals surface area contributed by atoms with Crippen LogP contribution in [0.4, 0.5) is 5.95 Å². The monoisotopic (exact) mass is 370 g/mol. The van der Waals surface area contributed by atoms with Gasteiger partial charge in [0.1, 0.15) is 5.52 Å². The van der Waals surface area contributed by atoms with Crippen LogP contribution < -0.4 is 10.9 Å². The quantitative estimate of drug-likeness (QED) is 0.729. The first-order chi connectivity index (χ1) is 12.7. The highest BCUT2D eigenvalue weighted by Crippen LogP contribution is 2.37. The molecule has 7 heteroatoms. The van der Waals surface area contributed by atoms with E-state index in [9.17, 15) is 4.79 Å². The summed E-state index contributed by atoms with van der Waals surface area (Å²) in [7, 11) is 0. The van der Waals surface area contributed by atoms with E-state index in [1.54, 1.807) is 4.57 Å². The van der Waals surface area contributed by atoms with Crippen LogP contribution in [0.25, 0.3) is 11.0 Å². The van der Waals surface area contributed by atoms with Crippen LogP contribution in [0.2, 0.25) is 5.02 Å². The molecule has 0 bridgehead atoms. The zero-order chi connectivity index (χ0) is 17.7. The van der Waals surface area contributed by atoms with Crippen LogP contribution in [0.3, 0.4) is 0 Å². The lowest BCUT2D eigenvalue weighted by molar-refractivity contribution is 0.367. The summed E-state index contributed by atoms with van der Waals surface area (Å²) < 4.78 is 7.21. The highest BCUT2D eigenvalue weighted by atomic mass is 35.5. The second kappa shape index (κ2) is 6.13. The smallest absolute Gasteiger partial charge is 0.285 e. The van der Waals surface area contributed by atoms with Gasteiger partial charge < -0.3 is 9.84 Å². The summed E-state index contributed by atoms with van der Waals surface area (Å²) in [6.07, 6.45) is 5.30. The minimum Gasteiger partial charge on any atom is -0.358 e. The fourth-order valence-electron chi connectivity index (χ4n) is 4.17. The SMILES string of the molecule is O=c1c2noc(C3CCCC3)c2nc2n1CCC(c1cccc(Cl)c1)N2. The Kier molecular flexibility index (Phi) is 3.74. The lowest BCUT2D eigenvalue weighted by Gasteiger charge is -2.27. The van der Waals surface area contributed by atoms with Gasteiger partial charge >= 0.3 is 0 Å². The average molecular weight is 371 g/mol. The molecule has 0 radical (unpaired) electrons. The molecule has 2 aromatic heterocycles. The Hall–Kier alpha value is -2.34. The summed E-state index contributed by atoms with van der Waals surface area (Å²) in [5.41, 5.74) is 1.93. The van der Waals surface area contributed by atoms with E-state index in [0.717, 1.165) is 30.6 Å². The highest BCUT2D eigenvalue weighted by Gasteiger charge is 2.29. The molecule has 1 atom stereocenters. The van der Waals surface area contributed by atoms with Crippen LogP contribution in [0.5, 0.6) is 0 Å². The van der Waals surface area contributed by atoms with E-state index in [2.05, 4.69) is 10.5 Å². The Balaban J connectivity index is 1.57. The molecular weight excluding hydrogens is 352 g/mol.